The highest BCUT2D eigenvalue weighted by atomic mass is 19.4. The van der Waals surface area contributed by atoms with E-state index in [1.54, 1.807) is 0 Å². The van der Waals surface area contributed by atoms with Crippen LogP contribution >= 0.6 is 0 Å². The summed E-state index contributed by atoms with van der Waals surface area (Å²) in [5.41, 5.74) is 6.08. The number of nitrogens with zero attached hydrogens (tertiary/aromatic N) is 3. The van der Waals surface area contributed by atoms with Gasteiger partial charge >= 0.3 is 6.18 Å². The van der Waals surface area contributed by atoms with Gasteiger partial charge in [-0.05, 0) is 37.3 Å². The van der Waals surface area contributed by atoms with Crippen molar-refractivity contribution in [3.05, 3.63) is 29.6 Å². The molecule has 2 aliphatic carbocycles. The number of alkyl halides is 3. The highest BCUT2D eigenvalue weighted by Crippen LogP contribution is 2.72. The van der Waals surface area contributed by atoms with E-state index < -0.39 is 17.6 Å². The maximum atomic E-state index is 13.2. The minimum atomic E-state index is -4.57. The minimum absolute atomic E-state index is 0.0539. The van der Waals surface area contributed by atoms with Gasteiger partial charge in [-0.1, -0.05) is 6.92 Å². The Morgan fingerprint density at radius 1 is 1.33 bits per heavy atom. The van der Waals surface area contributed by atoms with Crippen molar-refractivity contribution in [1.29, 1.82) is 0 Å². The second-order valence-electron chi connectivity index (χ2n) is 8.16. The van der Waals surface area contributed by atoms with E-state index in [0.29, 0.717) is 24.5 Å². The highest BCUT2D eigenvalue weighted by molar-refractivity contribution is 5.84. The van der Waals surface area contributed by atoms with Crippen LogP contribution in [0.2, 0.25) is 0 Å². The summed E-state index contributed by atoms with van der Waals surface area (Å²) in [5.74, 6) is 0.245. The molecule has 2 N–H and O–H groups in total. The molecule has 27 heavy (non-hydrogen) atoms. The predicted molar refractivity (Wildman–Crippen MR) is 93.8 cm³/mol. The summed E-state index contributed by atoms with van der Waals surface area (Å²) in [7, 11) is 0. The number of hydrogen-bond acceptors (Lipinski definition) is 4. The van der Waals surface area contributed by atoms with Crippen LogP contribution in [0.5, 0.6) is 0 Å². The number of carbonyl (C=O) groups is 1. The third-order valence-electron chi connectivity index (χ3n) is 5.97. The van der Waals surface area contributed by atoms with E-state index in [2.05, 4.69) is 17.0 Å². The molecule has 4 rings (SSSR count). The summed E-state index contributed by atoms with van der Waals surface area (Å²) < 4.78 is 41.3. The van der Waals surface area contributed by atoms with Crippen molar-refractivity contribution in [3.8, 4) is 11.3 Å². The van der Waals surface area contributed by atoms with Crippen molar-refractivity contribution in [2.75, 3.05) is 5.73 Å². The van der Waals surface area contributed by atoms with Gasteiger partial charge in [-0.2, -0.15) is 18.3 Å². The molecule has 0 saturated heterocycles. The maximum Gasteiger partial charge on any atom is 0.419 e. The number of anilines is 1. The number of nitrogen functional groups attached to an aromatic ring is 1. The largest absolute Gasteiger partial charge is 0.419 e. The van der Waals surface area contributed by atoms with E-state index in [4.69, 9.17) is 5.73 Å². The maximum absolute atomic E-state index is 13.2. The van der Waals surface area contributed by atoms with Crippen LogP contribution in [0.3, 0.4) is 0 Å². The van der Waals surface area contributed by atoms with Crippen LogP contribution < -0.4 is 5.73 Å². The lowest BCUT2D eigenvalue weighted by Gasteiger charge is -2.14. The predicted octanol–water partition coefficient (Wildman–Crippen LogP) is 4.21. The quantitative estimate of drug-likeness (QED) is 0.868. The average molecular weight is 378 g/mol. The standard InChI is InChI=1S/C19H21F3N4O/c1-9(2)26-15(16-12-5-11(27)7-18(12,16)3)6-14(25-26)10-4-13(19(20,21)22)17(23)24-8-10/h4,6,8-9,12,16H,5,7H2,1-3H3,(H2,23,24)/t12-,16+,18?/m0/s1. The first-order chi connectivity index (χ1) is 12.5. The van der Waals surface area contributed by atoms with Crippen LogP contribution in [0, 0.1) is 11.3 Å². The average Bonchev–Trinajstić information content (AvgIpc) is 2.89. The fourth-order valence-corrected chi connectivity index (χ4v) is 4.58. The number of carbonyl (C=O) groups excluding carboxylic acids is 1. The number of halogens is 3. The Bertz CT molecular complexity index is 934. The number of rotatable bonds is 3. The summed E-state index contributed by atoms with van der Waals surface area (Å²) in [6, 6.07) is 2.89. The zero-order valence-electron chi connectivity index (χ0n) is 15.3. The molecule has 0 spiro atoms. The third kappa shape index (κ3) is 2.73. The van der Waals surface area contributed by atoms with Crippen LogP contribution in [0.1, 0.15) is 56.8 Å². The first-order valence-electron chi connectivity index (χ1n) is 8.96. The molecular formula is C19H21F3N4O. The SMILES string of the molecule is CC(C)n1nc(-c2cnc(N)c(C(F)(F)F)c2)cc1[C@H]1[C@@H]2CC(=O)CC21C. The Labute approximate surface area is 154 Å². The van der Waals surface area contributed by atoms with Gasteiger partial charge < -0.3 is 5.73 Å². The first-order valence-corrected chi connectivity index (χ1v) is 8.96. The fourth-order valence-electron chi connectivity index (χ4n) is 4.58. The lowest BCUT2D eigenvalue weighted by molar-refractivity contribution is -0.137. The number of Topliss-reactive ketones (excluding diaryl/α,β-unsaturated/α-hetero) is 1. The molecule has 3 atom stereocenters. The van der Waals surface area contributed by atoms with Crippen molar-refractivity contribution in [1.82, 2.24) is 14.8 Å². The lowest BCUT2D eigenvalue weighted by Crippen LogP contribution is -2.11. The van der Waals surface area contributed by atoms with Gasteiger partial charge in [-0.25, -0.2) is 4.98 Å². The van der Waals surface area contributed by atoms with Crippen LogP contribution in [-0.2, 0) is 11.0 Å². The Kier molecular flexibility index (Phi) is 3.71. The van der Waals surface area contributed by atoms with E-state index in [-0.39, 0.29) is 28.7 Å². The second kappa shape index (κ2) is 5.56. The van der Waals surface area contributed by atoms with Crippen molar-refractivity contribution >= 4 is 11.6 Å². The Hall–Kier alpha value is -2.38. The molecule has 0 amide bonds. The van der Waals surface area contributed by atoms with Crippen LogP contribution in [0.25, 0.3) is 11.3 Å². The van der Waals surface area contributed by atoms with Crippen LogP contribution in [0.4, 0.5) is 19.0 Å². The number of pyridine rings is 1. The van der Waals surface area contributed by atoms with Gasteiger partial charge in [0.15, 0.2) is 0 Å². The normalized spacial score (nSPS) is 27.3. The van der Waals surface area contributed by atoms with Gasteiger partial charge in [0.1, 0.15) is 11.6 Å². The van der Waals surface area contributed by atoms with Gasteiger partial charge in [-0.3, -0.25) is 9.48 Å². The summed E-state index contributed by atoms with van der Waals surface area (Å²) in [5, 5.41) is 4.56. The monoisotopic (exact) mass is 378 g/mol. The molecule has 5 nitrogen and oxygen atoms in total. The number of ketones is 1. The summed E-state index contributed by atoms with van der Waals surface area (Å²) >= 11 is 0. The smallest absolute Gasteiger partial charge is 0.383 e. The summed E-state index contributed by atoms with van der Waals surface area (Å²) in [4.78, 5) is 15.4. The summed E-state index contributed by atoms with van der Waals surface area (Å²) in [6.07, 6.45) is -2.12. The van der Waals surface area contributed by atoms with Crippen molar-refractivity contribution in [2.45, 2.75) is 51.7 Å². The van der Waals surface area contributed by atoms with Gasteiger partial charge in [0.25, 0.3) is 0 Å². The van der Waals surface area contributed by atoms with Crippen LogP contribution in [-0.4, -0.2) is 20.5 Å². The van der Waals surface area contributed by atoms with Crippen LogP contribution in [0.15, 0.2) is 18.3 Å². The molecule has 2 fully saturated rings. The molecule has 0 radical (unpaired) electrons. The Balaban J connectivity index is 1.76. The molecule has 2 saturated carbocycles. The molecule has 0 bridgehead atoms. The number of aromatic nitrogens is 3. The van der Waals surface area contributed by atoms with Gasteiger partial charge in [0.05, 0.1) is 11.3 Å². The van der Waals surface area contributed by atoms with Crippen molar-refractivity contribution in [3.63, 3.8) is 0 Å². The minimum Gasteiger partial charge on any atom is -0.383 e. The van der Waals surface area contributed by atoms with Gasteiger partial charge in [-0.15, -0.1) is 0 Å². The van der Waals surface area contributed by atoms with Crippen molar-refractivity contribution < 1.29 is 18.0 Å². The Morgan fingerprint density at radius 3 is 2.59 bits per heavy atom. The molecule has 2 aromatic heterocycles. The molecular weight excluding hydrogens is 357 g/mol. The van der Waals surface area contributed by atoms with E-state index in [1.807, 2.05) is 24.6 Å². The van der Waals surface area contributed by atoms with E-state index in [1.165, 1.54) is 6.20 Å². The van der Waals surface area contributed by atoms with Crippen molar-refractivity contribution in [2.24, 2.45) is 11.3 Å². The van der Waals surface area contributed by atoms with E-state index in [9.17, 15) is 18.0 Å². The zero-order chi connectivity index (χ0) is 19.7. The first kappa shape index (κ1) is 18.0. The lowest BCUT2D eigenvalue weighted by atomic mass is 9.99. The molecule has 1 unspecified atom stereocenters. The van der Waals surface area contributed by atoms with Gasteiger partial charge in [0.2, 0.25) is 0 Å². The molecule has 2 aromatic rings. The second-order valence-corrected chi connectivity index (χ2v) is 8.16. The molecule has 8 heteroatoms. The molecule has 0 aromatic carbocycles. The highest BCUT2D eigenvalue weighted by Gasteiger charge is 2.67. The zero-order valence-corrected chi connectivity index (χ0v) is 15.3. The third-order valence-corrected chi connectivity index (χ3v) is 5.97. The molecule has 0 aliphatic heterocycles. The van der Waals surface area contributed by atoms with E-state index in [0.717, 1.165) is 11.8 Å². The number of nitrogens with two attached hydrogens (primary N) is 1. The number of fused-ring (bicyclic) bond motifs is 1. The van der Waals surface area contributed by atoms with E-state index >= 15 is 0 Å². The number of hydrogen-bond donors (Lipinski definition) is 1. The summed E-state index contributed by atoms with van der Waals surface area (Å²) in [6.45, 7) is 6.07. The molecule has 144 valence electrons. The Morgan fingerprint density at radius 2 is 2.04 bits per heavy atom. The van der Waals surface area contributed by atoms with Gasteiger partial charge in [0, 0.05) is 42.3 Å². The fraction of sp³-hybridized carbons (Fsp3) is 0.526. The molecule has 2 aliphatic rings. The molecule has 2 heterocycles. The topological polar surface area (TPSA) is 73.8 Å².